The van der Waals surface area contributed by atoms with Crippen LogP contribution < -0.4 is 0 Å². The fourth-order valence-electron chi connectivity index (χ4n) is 9.39. The molecule has 0 heterocycles. The summed E-state index contributed by atoms with van der Waals surface area (Å²) in [7, 11) is 2.10. The molecule has 0 spiro atoms. The van der Waals surface area contributed by atoms with Crippen LogP contribution in [-0.4, -0.2) is 49.8 Å². The summed E-state index contributed by atoms with van der Waals surface area (Å²) in [5, 5.41) is 0. The second-order valence-corrected chi connectivity index (χ2v) is 17.0. The molecule has 0 bridgehead atoms. The highest BCUT2D eigenvalue weighted by atomic mass is 31.2. The maximum absolute atomic E-state index is 12.7. The largest absolute Gasteiger partial charge is 0.472 e. The molecule has 0 aromatic carbocycles. The molecule has 4 aliphatic carbocycles. The number of phosphoric ester groups is 1. The van der Waals surface area contributed by atoms with E-state index in [1.807, 2.05) is 21.1 Å². The second kappa shape index (κ2) is 11.6. The van der Waals surface area contributed by atoms with Crippen molar-refractivity contribution in [2.45, 2.75) is 111 Å². The molecule has 0 aromatic heterocycles. The van der Waals surface area contributed by atoms with E-state index in [9.17, 15) is 9.46 Å². The predicted molar refractivity (Wildman–Crippen MR) is 157 cm³/mol. The van der Waals surface area contributed by atoms with Crippen LogP contribution in [0.3, 0.4) is 0 Å². The average molecular weight is 553 g/mol. The van der Waals surface area contributed by atoms with E-state index in [1.54, 1.807) is 0 Å². The highest BCUT2D eigenvalue weighted by Gasteiger charge is 2.59. The molecule has 4 rings (SSSR count). The number of allylic oxidation sites excluding steroid dienone is 1. The molecule has 0 radical (unpaired) electrons. The Morgan fingerprint density at radius 1 is 1.05 bits per heavy atom. The summed E-state index contributed by atoms with van der Waals surface area (Å²) in [6.07, 6.45) is 15.9. The highest BCUT2D eigenvalue weighted by Crippen LogP contribution is 2.67. The van der Waals surface area contributed by atoms with Crippen molar-refractivity contribution >= 4 is 7.82 Å². The SMILES string of the molecule is CC(C)CCCC(C)[C@H]1CC[C@H]2C3CC=C4C[C@@H](OP(=O)(O)OCC[N+](C)(C)C)CC[C@]4(C)[C@H]3CC[C@]12C. The monoisotopic (exact) mass is 552 g/mol. The minimum Gasteiger partial charge on any atom is -0.329 e. The quantitative estimate of drug-likeness (QED) is 0.159. The number of likely N-dealkylation sites (N-methyl/N-ethyl adjacent to an activating group) is 1. The van der Waals surface area contributed by atoms with Gasteiger partial charge < -0.3 is 9.38 Å². The Hall–Kier alpha value is -0.190. The lowest BCUT2D eigenvalue weighted by Crippen LogP contribution is -2.51. The molecule has 0 aliphatic heterocycles. The van der Waals surface area contributed by atoms with Gasteiger partial charge in [-0.25, -0.2) is 4.57 Å². The smallest absolute Gasteiger partial charge is 0.329 e. The normalized spacial score (nSPS) is 39.6. The van der Waals surface area contributed by atoms with Crippen LogP contribution in [0.2, 0.25) is 0 Å². The standard InChI is InChI=1S/C32H58NO4P/c1-23(2)10-9-11-24(3)28-14-15-29-27-13-12-25-22-26(37-38(34,35)36-21-20-33(6,7)8)16-18-31(25,4)30(27)17-19-32(28,29)5/h12,23-24,26-30H,9-11,13-22H2,1-8H3/p+1/t24?,26-,27?,28+,29-,30-,31-,32+/m0/s1. The summed E-state index contributed by atoms with van der Waals surface area (Å²) < 4.78 is 24.4. The van der Waals surface area contributed by atoms with E-state index in [-0.39, 0.29) is 18.1 Å². The molecule has 1 N–H and O–H groups in total. The van der Waals surface area contributed by atoms with Gasteiger partial charge in [-0.1, -0.05) is 65.5 Å². The van der Waals surface area contributed by atoms with Gasteiger partial charge in [0, 0.05) is 0 Å². The fraction of sp³-hybridized carbons (Fsp3) is 0.938. The summed E-state index contributed by atoms with van der Waals surface area (Å²) in [5.74, 6) is 4.96. The molecule has 6 heteroatoms. The van der Waals surface area contributed by atoms with Crippen LogP contribution in [0.4, 0.5) is 0 Å². The van der Waals surface area contributed by atoms with Gasteiger partial charge in [-0.2, -0.15) is 0 Å². The van der Waals surface area contributed by atoms with Gasteiger partial charge in [0.1, 0.15) is 13.2 Å². The van der Waals surface area contributed by atoms with Crippen molar-refractivity contribution in [1.82, 2.24) is 0 Å². The molecule has 0 amide bonds. The van der Waals surface area contributed by atoms with Crippen molar-refractivity contribution in [3.63, 3.8) is 0 Å². The van der Waals surface area contributed by atoms with E-state index >= 15 is 0 Å². The van der Waals surface area contributed by atoms with Gasteiger partial charge in [-0.3, -0.25) is 9.05 Å². The molecule has 3 unspecified atom stereocenters. The van der Waals surface area contributed by atoms with Gasteiger partial charge in [0.15, 0.2) is 0 Å². The molecule has 3 saturated carbocycles. The first-order valence-electron chi connectivity index (χ1n) is 15.8. The molecular formula is C32H59NO4P+. The summed E-state index contributed by atoms with van der Waals surface area (Å²) in [4.78, 5) is 10.4. The van der Waals surface area contributed by atoms with Crippen molar-refractivity contribution in [2.75, 3.05) is 34.3 Å². The van der Waals surface area contributed by atoms with Gasteiger partial charge in [-0.15, -0.1) is 0 Å². The Kier molecular flexibility index (Phi) is 9.38. The molecule has 0 saturated heterocycles. The van der Waals surface area contributed by atoms with Gasteiger partial charge in [0.05, 0.1) is 27.2 Å². The van der Waals surface area contributed by atoms with Crippen LogP contribution in [0, 0.1) is 46.3 Å². The molecule has 9 atom stereocenters. The van der Waals surface area contributed by atoms with Crippen molar-refractivity contribution in [3.8, 4) is 0 Å². The first-order valence-corrected chi connectivity index (χ1v) is 17.3. The van der Waals surface area contributed by atoms with Gasteiger partial charge in [0.2, 0.25) is 0 Å². The molecule has 38 heavy (non-hydrogen) atoms. The van der Waals surface area contributed by atoms with Gasteiger partial charge in [0.25, 0.3) is 0 Å². The number of hydrogen-bond donors (Lipinski definition) is 1. The van der Waals surface area contributed by atoms with Gasteiger partial charge in [-0.05, 0) is 97.7 Å². The lowest BCUT2D eigenvalue weighted by molar-refractivity contribution is -0.870. The molecular weight excluding hydrogens is 493 g/mol. The van der Waals surface area contributed by atoms with Crippen molar-refractivity contribution in [2.24, 2.45) is 46.3 Å². The van der Waals surface area contributed by atoms with E-state index in [4.69, 9.17) is 9.05 Å². The summed E-state index contributed by atoms with van der Waals surface area (Å²) in [6.45, 7) is 13.3. The summed E-state index contributed by atoms with van der Waals surface area (Å²) in [5.41, 5.74) is 2.21. The van der Waals surface area contributed by atoms with Crippen LogP contribution >= 0.6 is 7.82 Å². The van der Waals surface area contributed by atoms with E-state index in [1.165, 1.54) is 56.9 Å². The molecule has 4 aliphatic rings. The lowest BCUT2D eigenvalue weighted by Gasteiger charge is -2.58. The second-order valence-electron chi connectivity index (χ2n) is 15.6. The zero-order chi connectivity index (χ0) is 27.9. The zero-order valence-corrected chi connectivity index (χ0v) is 26.8. The van der Waals surface area contributed by atoms with Crippen molar-refractivity contribution in [3.05, 3.63) is 11.6 Å². The van der Waals surface area contributed by atoms with Crippen LogP contribution in [-0.2, 0) is 13.6 Å². The molecule has 5 nitrogen and oxygen atoms in total. The fourth-order valence-corrected chi connectivity index (χ4v) is 10.3. The number of rotatable bonds is 11. The molecule has 220 valence electrons. The Bertz CT molecular complexity index is 896. The molecule has 3 fully saturated rings. The van der Waals surface area contributed by atoms with Crippen LogP contribution in [0.15, 0.2) is 11.6 Å². The van der Waals surface area contributed by atoms with Crippen molar-refractivity contribution < 1.29 is 23.0 Å². The number of nitrogens with zero attached hydrogens (tertiary/aromatic N) is 1. The minimum absolute atomic E-state index is 0.217. The number of fused-ring (bicyclic) bond motifs is 5. The van der Waals surface area contributed by atoms with E-state index in [2.05, 4.69) is 40.7 Å². The zero-order valence-electron chi connectivity index (χ0n) is 25.9. The van der Waals surface area contributed by atoms with E-state index in [0.717, 1.165) is 54.8 Å². The Morgan fingerprint density at radius 3 is 2.47 bits per heavy atom. The van der Waals surface area contributed by atoms with Crippen LogP contribution in [0.25, 0.3) is 0 Å². The van der Waals surface area contributed by atoms with E-state index in [0.29, 0.717) is 16.4 Å². The van der Waals surface area contributed by atoms with Crippen LogP contribution in [0.5, 0.6) is 0 Å². The number of hydrogen-bond acceptors (Lipinski definition) is 3. The van der Waals surface area contributed by atoms with E-state index < -0.39 is 7.82 Å². The Morgan fingerprint density at radius 2 is 1.79 bits per heavy atom. The Balaban J connectivity index is 1.38. The topological polar surface area (TPSA) is 55.8 Å². The maximum atomic E-state index is 12.7. The third kappa shape index (κ3) is 6.64. The Labute approximate surface area is 234 Å². The van der Waals surface area contributed by atoms with Gasteiger partial charge >= 0.3 is 7.82 Å². The number of quaternary nitrogens is 1. The first-order chi connectivity index (χ1) is 17.6. The third-order valence-electron chi connectivity index (χ3n) is 11.6. The lowest BCUT2D eigenvalue weighted by atomic mass is 9.47. The third-order valence-corrected chi connectivity index (χ3v) is 12.6. The predicted octanol–water partition coefficient (Wildman–Crippen LogP) is 8.24. The summed E-state index contributed by atoms with van der Waals surface area (Å²) in [6, 6.07) is 0. The number of phosphoric acid groups is 1. The molecule has 0 aromatic rings. The highest BCUT2D eigenvalue weighted by molar-refractivity contribution is 7.47. The maximum Gasteiger partial charge on any atom is 0.472 e. The first kappa shape index (κ1) is 30.8. The van der Waals surface area contributed by atoms with Crippen molar-refractivity contribution in [1.29, 1.82) is 0 Å². The summed E-state index contributed by atoms with van der Waals surface area (Å²) >= 11 is 0. The minimum atomic E-state index is -4.04. The average Bonchev–Trinajstić information content (AvgIpc) is 3.15. The van der Waals surface area contributed by atoms with Crippen LogP contribution in [0.1, 0.15) is 105 Å².